The number of nitrogens with two attached hydrogens (primary N) is 1. The molecule has 158 valence electrons. The summed E-state index contributed by atoms with van der Waals surface area (Å²) in [6.45, 7) is 4.59. The van der Waals surface area contributed by atoms with E-state index >= 15 is 0 Å². The van der Waals surface area contributed by atoms with Gasteiger partial charge in [-0.3, -0.25) is 9.59 Å². The number of carbonyl (C=O) groups excluding carboxylic acids is 2. The van der Waals surface area contributed by atoms with Crippen LogP contribution >= 0.6 is 12.4 Å². The molecule has 0 aromatic heterocycles. The van der Waals surface area contributed by atoms with Gasteiger partial charge in [0.15, 0.2) is 9.84 Å². The number of amides is 2. The average Bonchev–Trinajstić information content (AvgIpc) is 2.66. The molecule has 0 radical (unpaired) electrons. The molecule has 0 spiro atoms. The standard InChI is InChI=1S/C19H29N3O4S.ClH/c1-14(2)27(25,26)17-8-6-15(7-9-17)19(24)22-12-4-3-5-16(22)13-21-18(23)10-11-20;/h6-9,14,16H,3-5,10-13,20H2,1-2H3,(H,21,23);1H. The Morgan fingerprint density at radius 2 is 1.86 bits per heavy atom. The zero-order valence-electron chi connectivity index (χ0n) is 16.4. The van der Waals surface area contributed by atoms with Crippen molar-refractivity contribution in [2.24, 2.45) is 5.73 Å². The molecule has 1 atom stereocenters. The smallest absolute Gasteiger partial charge is 0.254 e. The number of piperidine rings is 1. The highest BCUT2D eigenvalue weighted by Crippen LogP contribution is 2.21. The number of nitrogens with zero attached hydrogens (tertiary/aromatic N) is 1. The van der Waals surface area contributed by atoms with Crippen LogP contribution < -0.4 is 11.1 Å². The van der Waals surface area contributed by atoms with Crippen LogP contribution in [0, 0.1) is 0 Å². The van der Waals surface area contributed by atoms with Gasteiger partial charge in [-0.2, -0.15) is 0 Å². The molecule has 0 bridgehead atoms. The van der Waals surface area contributed by atoms with Crippen LogP contribution in [0.5, 0.6) is 0 Å². The fourth-order valence-corrected chi connectivity index (χ4v) is 4.22. The number of sulfone groups is 1. The summed E-state index contributed by atoms with van der Waals surface area (Å²) in [4.78, 5) is 26.6. The summed E-state index contributed by atoms with van der Waals surface area (Å²) >= 11 is 0. The van der Waals surface area contributed by atoms with E-state index in [1.807, 2.05) is 0 Å². The number of benzene rings is 1. The van der Waals surface area contributed by atoms with Gasteiger partial charge in [0.25, 0.3) is 5.91 Å². The first-order chi connectivity index (χ1) is 12.8. The fourth-order valence-electron chi connectivity index (χ4n) is 3.16. The Balaban J connectivity index is 0.00000392. The van der Waals surface area contributed by atoms with E-state index in [-0.39, 0.29) is 41.6 Å². The molecule has 1 heterocycles. The predicted molar refractivity (Wildman–Crippen MR) is 111 cm³/mol. The predicted octanol–water partition coefficient (Wildman–Crippen LogP) is 1.75. The maximum Gasteiger partial charge on any atom is 0.254 e. The van der Waals surface area contributed by atoms with Crippen LogP contribution in [0.25, 0.3) is 0 Å². The van der Waals surface area contributed by atoms with Gasteiger partial charge < -0.3 is 16.0 Å². The Hall–Kier alpha value is -1.64. The lowest BCUT2D eigenvalue weighted by Gasteiger charge is -2.36. The van der Waals surface area contributed by atoms with Gasteiger partial charge in [0, 0.05) is 37.7 Å². The zero-order valence-corrected chi connectivity index (χ0v) is 18.0. The van der Waals surface area contributed by atoms with Gasteiger partial charge in [0.1, 0.15) is 0 Å². The van der Waals surface area contributed by atoms with Crippen molar-refractivity contribution >= 4 is 34.1 Å². The molecule has 1 aliphatic heterocycles. The van der Waals surface area contributed by atoms with E-state index in [4.69, 9.17) is 5.73 Å². The molecule has 1 unspecified atom stereocenters. The minimum atomic E-state index is -3.36. The highest BCUT2D eigenvalue weighted by Gasteiger charge is 2.28. The summed E-state index contributed by atoms with van der Waals surface area (Å²) < 4.78 is 24.4. The molecular weight excluding hydrogens is 402 g/mol. The van der Waals surface area contributed by atoms with Gasteiger partial charge in [-0.15, -0.1) is 12.4 Å². The van der Waals surface area contributed by atoms with E-state index in [0.717, 1.165) is 19.3 Å². The molecule has 1 saturated heterocycles. The molecule has 1 aliphatic rings. The van der Waals surface area contributed by atoms with E-state index in [1.165, 1.54) is 12.1 Å². The van der Waals surface area contributed by atoms with Gasteiger partial charge in [0.2, 0.25) is 5.91 Å². The Morgan fingerprint density at radius 1 is 1.21 bits per heavy atom. The normalized spacial score (nSPS) is 17.1. The van der Waals surface area contributed by atoms with Crippen molar-refractivity contribution in [3.8, 4) is 0 Å². The minimum absolute atomic E-state index is 0. The lowest BCUT2D eigenvalue weighted by molar-refractivity contribution is -0.121. The first kappa shape index (κ1) is 24.4. The molecule has 0 saturated carbocycles. The quantitative estimate of drug-likeness (QED) is 0.683. The van der Waals surface area contributed by atoms with Crippen LogP contribution in [0.3, 0.4) is 0 Å². The third-order valence-corrected chi connectivity index (χ3v) is 7.02. The zero-order chi connectivity index (χ0) is 20.0. The Morgan fingerprint density at radius 3 is 2.43 bits per heavy atom. The van der Waals surface area contributed by atoms with E-state index in [1.54, 1.807) is 30.9 Å². The van der Waals surface area contributed by atoms with E-state index in [0.29, 0.717) is 25.2 Å². The Kier molecular flexibility index (Phi) is 9.39. The molecule has 3 N–H and O–H groups in total. The van der Waals surface area contributed by atoms with E-state index < -0.39 is 15.1 Å². The first-order valence-corrected chi connectivity index (χ1v) is 10.9. The minimum Gasteiger partial charge on any atom is -0.354 e. The number of likely N-dealkylation sites (tertiary alicyclic amines) is 1. The van der Waals surface area contributed by atoms with Gasteiger partial charge in [-0.05, 0) is 57.4 Å². The topological polar surface area (TPSA) is 110 Å². The fraction of sp³-hybridized carbons (Fsp3) is 0.579. The molecule has 1 fully saturated rings. The van der Waals surface area contributed by atoms with Crippen LogP contribution in [0.2, 0.25) is 0 Å². The van der Waals surface area contributed by atoms with Gasteiger partial charge in [0.05, 0.1) is 10.1 Å². The van der Waals surface area contributed by atoms with Crippen molar-refractivity contribution < 1.29 is 18.0 Å². The summed E-state index contributed by atoms with van der Waals surface area (Å²) in [5.41, 5.74) is 5.84. The van der Waals surface area contributed by atoms with E-state index in [9.17, 15) is 18.0 Å². The maximum atomic E-state index is 12.9. The third kappa shape index (κ3) is 5.93. The van der Waals surface area contributed by atoms with Crippen LogP contribution in [0.1, 0.15) is 49.9 Å². The third-order valence-electron chi connectivity index (χ3n) is 4.84. The lowest BCUT2D eigenvalue weighted by atomic mass is 10.0. The average molecular weight is 432 g/mol. The number of hydrogen-bond donors (Lipinski definition) is 2. The summed E-state index contributed by atoms with van der Waals surface area (Å²) in [5.74, 6) is -0.250. The van der Waals surface area contributed by atoms with Crippen molar-refractivity contribution in [3.63, 3.8) is 0 Å². The second kappa shape index (κ2) is 10.8. The summed E-state index contributed by atoms with van der Waals surface area (Å²) in [5, 5.41) is 2.33. The molecule has 7 nitrogen and oxygen atoms in total. The molecule has 1 aromatic rings. The molecule has 2 rings (SSSR count). The Labute approximate surface area is 173 Å². The first-order valence-electron chi connectivity index (χ1n) is 9.39. The number of nitrogens with one attached hydrogen (secondary N) is 1. The SMILES string of the molecule is CC(C)S(=O)(=O)c1ccc(C(=O)N2CCCCC2CNC(=O)CCN)cc1.Cl. The van der Waals surface area contributed by atoms with E-state index in [2.05, 4.69) is 5.32 Å². The largest absolute Gasteiger partial charge is 0.354 e. The van der Waals surface area contributed by atoms with Crippen LogP contribution in [-0.4, -0.2) is 56.1 Å². The molecule has 9 heteroatoms. The highest BCUT2D eigenvalue weighted by atomic mass is 35.5. The molecule has 2 amide bonds. The van der Waals surface area contributed by atoms with Crippen molar-refractivity contribution in [1.82, 2.24) is 10.2 Å². The van der Waals surface area contributed by atoms with Crippen LogP contribution in [0.15, 0.2) is 29.2 Å². The highest BCUT2D eigenvalue weighted by molar-refractivity contribution is 7.92. The van der Waals surface area contributed by atoms with Gasteiger partial charge in [-0.1, -0.05) is 0 Å². The molecular formula is C19H30ClN3O4S. The van der Waals surface area contributed by atoms with Crippen LogP contribution in [0.4, 0.5) is 0 Å². The van der Waals surface area contributed by atoms with Crippen molar-refractivity contribution in [3.05, 3.63) is 29.8 Å². The van der Waals surface area contributed by atoms with Gasteiger partial charge in [-0.25, -0.2) is 8.42 Å². The van der Waals surface area contributed by atoms with Crippen molar-refractivity contribution in [2.75, 3.05) is 19.6 Å². The lowest BCUT2D eigenvalue weighted by Crippen LogP contribution is -2.49. The number of halogens is 1. The molecule has 0 aliphatic carbocycles. The maximum absolute atomic E-state index is 12.9. The molecule has 28 heavy (non-hydrogen) atoms. The summed E-state index contributed by atoms with van der Waals surface area (Å²) in [6.07, 6.45) is 3.02. The number of hydrogen-bond acceptors (Lipinski definition) is 5. The number of carbonyl (C=O) groups is 2. The summed E-state index contributed by atoms with van der Waals surface area (Å²) in [6, 6.07) is 6.05. The monoisotopic (exact) mass is 431 g/mol. The second-order valence-electron chi connectivity index (χ2n) is 7.11. The van der Waals surface area contributed by atoms with Crippen molar-refractivity contribution in [1.29, 1.82) is 0 Å². The van der Waals surface area contributed by atoms with Crippen molar-refractivity contribution in [2.45, 2.75) is 55.7 Å². The summed E-state index contributed by atoms with van der Waals surface area (Å²) in [7, 11) is -3.36. The number of rotatable bonds is 7. The second-order valence-corrected chi connectivity index (χ2v) is 9.61. The van der Waals surface area contributed by atoms with Crippen LogP contribution in [-0.2, 0) is 14.6 Å². The van der Waals surface area contributed by atoms with Gasteiger partial charge >= 0.3 is 0 Å². The Bertz CT molecular complexity index is 766. The molecule has 1 aromatic carbocycles.